The molecule has 2 heteroatoms. The number of ether oxygens (including phenoxy) is 1. The maximum absolute atomic E-state index is 10.8. The first-order valence-electron chi connectivity index (χ1n) is 3.96. The second-order valence-electron chi connectivity index (χ2n) is 2.71. The molecular formula is C9H16O2. The Balaban J connectivity index is 3.30. The maximum atomic E-state index is 10.8. The second kappa shape index (κ2) is 5.96. The van der Waals surface area contributed by atoms with Crippen LogP contribution in [0.5, 0.6) is 0 Å². The highest BCUT2D eigenvalue weighted by molar-refractivity contribution is 5.71. The third-order valence-corrected chi connectivity index (χ3v) is 1.21. The molecule has 0 atom stereocenters. The fourth-order valence-electron chi connectivity index (χ4n) is 0.628. The molecule has 0 rings (SSSR count). The summed E-state index contributed by atoms with van der Waals surface area (Å²) in [5, 5.41) is 0. The lowest BCUT2D eigenvalue weighted by molar-refractivity contribution is -0.142. The van der Waals surface area contributed by atoms with Gasteiger partial charge in [-0.1, -0.05) is 25.5 Å². The topological polar surface area (TPSA) is 26.3 Å². The van der Waals surface area contributed by atoms with Gasteiger partial charge in [0.15, 0.2) is 0 Å². The molecule has 0 radical (unpaired) electrons. The molecule has 2 nitrogen and oxygen atoms in total. The molecule has 0 heterocycles. The van der Waals surface area contributed by atoms with E-state index in [0.717, 1.165) is 18.4 Å². The van der Waals surface area contributed by atoms with Crippen LogP contribution < -0.4 is 0 Å². The zero-order valence-electron chi connectivity index (χ0n) is 7.35. The number of unbranched alkanes of at least 4 members (excludes halogenated alkanes) is 1. The van der Waals surface area contributed by atoms with E-state index in [-0.39, 0.29) is 5.97 Å². The van der Waals surface area contributed by atoms with Crippen molar-refractivity contribution in [2.75, 3.05) is 6.61 Å². The van der Waals surface area contributed by atoms with Gasteiger partial charge in [0, 0.05) is 0 Å². The van der Waals surface area contributed by atoms with Gasteiger partial charge in [-0.3, -0.25) is 4.79 Å². The standard InChI is InChI=1S/C9H16O2/c1-4-5-6-11-9(10)7-8(2)3/h2,4-7H2,1,3H3. The zero-order valence-corrected chi connectivity index (χ0v) is 7.35. The van der Waals surface area contributed by atoms with Gasteiger partial charge in [0.05, 0.1) is 13.0 Å². The van der Waals surface area contributed by atoms with Gasteiger partial charge >= 0.3 is 5.97 Å². The van der Waals surface area contributed by atoms with Gasteiger partial charge in [0.25, 0.3) is 0 Å². The van der Waals surface area contributed by atoms with Crippen molar-refractivity contribution in [3.05, 3.63) is 12.2 Å². The van der Waals surface area contributed by atoms with Crippen LogP contribution in [-0.4, -0.2) is 12.6 Å². The minimum absolute atomic E-state index is 0.161. The smallest absolute Gasteiger partial charge is 0.309 e. The monoisotopic (exact) mass is 156 g/mol. The van der Waals surface area contributed by atoms with Crippen molar-refractivity contribution in [3.63, 3.8) is 0 Å². The lowest BCUT2D eigenvalue weighted by Gasteiger charge is -2.02. The van der Waals surface area contributed by atoms with Crippen LogP contribution in [0.25, 0.3) is 0 Å². The Bertz CT molecular complexity index is 138. The Labute approximate surface area is 68.2 Å². The van der Waals surface area contributed by atoms with E-state index in [1.54, 1.807) is 0 Å². The van der Waals surface area contributed by atoms with Crippen LogP contribution in [0.15, 0.2) is 12.2 Å². The molecular weight excluding hydrogens is 140 g/mol. The van der Waals surface area contributed by atoms with Crippen LogP contribution in [0.3, 0.4) is 0 Å². The van der Waals surface area contributed by atoms with Crippen LogP contribution in [0.2, 0.25) is 0 Å². The summed E-state index contributed by atoms with van der Waals surface area (Å²) in [7, 11) is 0. The van der Waals surface area contributed by atoms with Crippen LogP contribution in [0.1, 0.15) is 33.1 Å². The van der Waals surface area contributed by atoms with Gasteiger partial charge in [-0.15, -0.1) is 0 Å². The highest BCUT2D eigenvalue weighted by Gasteiger charge is 2.00. The van der Waals surface area contributed by atoms with E-state index in [2.05, 4.69) is 13.5 Å². The van der Waals surface area contributed by atoms with Crippen molar-refractivity contribution in [1.29, 1.82) is 0 Å². The summed E-state index contributed by atoms with van der Waals surface area (Å²) in [6.07, 6.45) is 2.35. The van der Waals surface area contributed by atoms with E-state index in [9.17, 15) is 4.79 Å². The second-order valence-corrected chi connectivity index (χ2v) is 2.71. The minimum atomic E-state index is -0.161. The van der Waals surface area contributed by atoms with Gasteiger partial charge < -0.3 is 4.74 Å². The minimum Gasteiger partial charge on any atom is -0.465 e. The molecule has 0 aliphatic carbocycles. The molecule has 0 aromatic heterocycles. The van der Waals surface area contributed by atoms with Crippen LogP contribution in [0, 0.1) is 0 Å². The van der Waals surface area contributed by atoms with Crippen LogP contribution >= 0.6 is 0 Å². The van der Waals surface area contributed by atoms with Gasteiger partial charge in [-0.05, 0) is 13.3 Å². The molecule has 0 fully saturated rings. The molecule has 0 bridgehead atoms. The molecule has 0 unspecified atom stereocenters. The summed E-state index contributed by atoms with van der Waals surface area (Å²) in [6.45, 7) is 8.05. The van der Waals surface area contributed by atoms with Crippen molar-refractivity contribution < 1.29 is 9.53 Å². The van der Waals surface area contributed by atoms with E-state index in [4.69, 9.17) is 4.74 Å². The summed E-state index contributed by atoms with van der Waals surface area (Å²) in [4.78, 5) is 10.8. The summed E-state index contributed by atoms with van der Waals surface area (Å²) in [5.41, 5.74) is 0.853. The van der Waals surface area contributed by atoms with E-state index in [1.807, 2.05) is 6.92 Å². The zero-order chi connectivity index (χ0) is 8.69. The van der Waals surface area contributed by atoms with Crippen molar-refractivity contribution in [2.24, 2.45) is 0 Å². The Morgan fingerprint density at radius 1 is 1.55 bits per heavy atom. The number of hydrogen-bond donors (Lipinski definition) is 0. The van der Waals surface area contributed by atoms with Crippen LogP contribution in [0.4, 0.5) is 0 Å². The highest BCUT2D eigenvalue weighted by Crippen LogP contribution is 1.98. The third kappa shape index (κ3) is 7.10. The molecule has 0 N–H and O–H groups in total. The molecule has 0 spiro atoms. The van der Waals surface area contributed by atoms with Crippen molar-refractivity contribution in [1.82, 2.24) is 0 Å². The molecule has 0 aromatic rings. The SMILES string of the molecule is C=C(C)CC(=O)OCCCC. The summed E-state index contributed by atoms with van der Waals surface area (Å²) in [6, 6.07) is 0. The molecule has 0 aliphatic rings. The number of rotatable bonds is 5. The molecule has 0 amide bonds. The van der Waals surface area contributed by atoms with Crippen LogP contribution in [-0.2, 0) is 9.53 Å². The van der Waals surface area contributed by atoms with Gasteiger partial charge in [-0.25, -0.2) is 0 Å². The number of carbonyl (C=O) groups excluding carboxylic acids is 1. The molecule has 0 aromatic carbocycles. The Hall–Kier alpha value is -0.790. The lowest BCUT2D eigenvalue weighted by atomic mass is 10.2. The van der Waals surface area contributed by atoms with Gasteiger partial charge in [0.2, 0.25) is 0 Å². The summed E-state index contributed by atoms with van der Waals surface area (Å²) >= 11 is 0. The number of esters is 1. The highest BCUT2D eigenvalue weighted by atomic mass is 16.5. The average molecular weight is 156 g/mol. The third-order valence-electron chi connectivity index (χ3n) is 1.21. The van der Waals surface area contributed by atoms with E-state index in [1.165, 1.54) is 0 Å². The predicted molar refractivity (Wildman–Crippen MR) is 45.3 cm³/mol. The first-order valence-corrected chi connectivity index (χ1v) is 3.96. The maximum Gasteiger partial charge on any atom is 0.309 e. The quantitative estimate of drug-likeness (QED) is 0.347. The van der Waals surface area contributed by atoms with E-state index >= 15 is 0 Å². The van der Waals surface area contributed by atoms with Gasteiger partial charge in [-0.2, -0.15) is 0 Å². The van der Waals surface area contributed by atoms with E-state index < -0.39 is 0 Å². The number of hydrogen-bond acceptors (Lipinski definition) is 2. The van der Waals surface area contributed by atoms with Crippen molar-refractivity contribution in [2.45, 2.75) is 33.1 Å². The Kier molecular flexibility index (Phi) is 5.53. The normalized spacial score (nSPS) is 9.27. The van der Waals surface area contributed by atoms with Gasteiger partial charge in [0.1, 0.15) is 0 Å². The average Bonchev–Trinajstić information content (AvgIpc) is 1.86. The Morgan fingerprint density at radius 2 is 2.18 bits per heavy atom. The Morgan fingerprint density at radius 3 is 2.64 bits per heavy atom. The fraction of sp³-hybridized carbons (Fsp3) is 0.667. The first kappa shape index (κ1) is 10.2. The van der Waals surface area contributed by atoms with Crippen molar-refractivity contribution in [3.8, 4) is 0 Å². The molecule has 0 saturated carbocycles. The molecule has 0 aliphatic heterocycles. The largest absolute Gasteiger partial charge is 0.465 e. The first-order chi connectivity index (χ1) is 5.16. The van der Waals surface area contributed by atoms with Crippen molar-refractivity contribution >= 4 is 5.97 Å². The molecule has 64 valence electrons. The summed E-state index contributed by atoms with van der Waals surface area (Å²) < 4.78 is 4.89. The van der Waals surface area contributed by atoms with E-state index in [0.29, 0.717) is 13.0 Å². The molecule has 0 saturated heterocycles. The number of carbonyl (C=O) groups is 1. The predicted octanol–water partition coefficient (Wildman–Crippen LogP) is 2.30. The summed E-state index contributed by atoms with van der Waals surface area (Å²) in [5.74, 6) is -0.161. The lowest BCUT2D eigenvalue weighted by Crippen LogP contribution is -2.05. The fourth-order valence-corrected chi connectivity index (χ4v) is 0.628. The molecule has 11 heavy (non-hydrogen) atoms.